The van der Waals surface area contributed by atoms with Crippen molar-refractivity contribution in [3.05, 3.63) is 54.2 Å². The number of hydrogen-bond acceptors (Lipinski definition) is 8. The van der Waals surface area contributed by atoms with Gasteiger partial charge >= 0.3 is 0 Å². The molecule has 0 radical (unpaired) electrons. The topological polar surface area (TPSA) is 102 Å². The summed E-state index contributed by atoms with van der Waals surface area (Å²) in [6, 6.07) is 12.2. The number of hydrogen-bond donors (Lipinski definition) is 1. The molecule has 188 valence electrons. The zero-order valence-corrected chi connectivity index (χ0v) is 20.0. The monoisotopic (exact) mass is 492 g/mol. The lowest BCUT2D eigenvalue weighted by molar-refractivity contribution is -0.125. The molecule has 0 bridgehead atoms. The molecule has 0 saturated carbocycles. The van der Waals surface area contributed by atoms with Gasteiger partial charge in [-0.1, -0.05) is 0 Å². The number of halogens is 1. The molecule has 0 aliphatic carbocycles. The predicted molar refractivity (Wildman–Crippen MR) is 132 cm³/mol. The molecule has 2 aromatic heterocycles. The van der Waals surface area contributed by atoms with Crippen LogP contribution in [0.25, 0.3) is 11.7 Å². The number of aromatic nitrogens is 1. The quantitative estimate of drug-likeness (QED) is 0.537. The van der Waals surface area contributed by atoms with Crippen LogP contribution in [-0.2, 0) is 4.79 Å². The van der Waals surface area contributed by atoms with Crippen LogP contribution in [0.15, 0.2) is 51.5 Å². The van der Waals surface area contributed by atoms with E-state index in [1.54, 1.807) is 12.1 Å². The van der Waals surface area contributed by atoms with Crippen LogP contribution < -0.4 is 15.1 Å². The average molecular weight is 493 g/mol. The first-order valence-electron chi connectivity index (χ1n) is 12.3. The van der Waals surface area contributed by atoms with E-state index in [0.29, 0.717) is 44.1 Å². The van der Waals surface area contributed by atoms with Crippen LogP contribution in [0.5, 0.6) is 0 Å². The fraction of sp³-hybridized carbons (Fsp3) is 0.423. The van der Waals surface area contributed by atoms with Crippen LogP contribution in [0.4, 0.5) is 16.0 Å². The fourth-order valence-corrected chi connectivity index (χ4v) is 4.81. The molecule has 2 saturated heterocycles. The Morgan fingerprint density at radius 1 is 1.08 bits per heavy atom. The molecule has 1 aromatic carbocycles. The minimum atomic E-state index is -0.220. The third-order valence-corrected chi connectivity index (χ3v) is 6.89. The van der Waals surface area contributed by atoms with E-state index in [-0.39, 0.29) is 29.2 Å². The zero-order valence-electron chi connectivity index (χ0n) is 20.0. The van der Waals surface area contributed by atoms with E-state index in [9.17, 15) is 14.4 Å². The largest absolute Gasteiger partial charge is 0.459 e. The first kappa shape index (κ1) is 23.9. The number of furan rings is 1. The molecule has 0 unspecified atom stereocenters. The Morgan fingerprint density at radius 2 is 1.83 bits per heavy atom. The molecule has 2 aliphatic heterocycles. The van der Waals surface area contributed by atoms with Crippen LogP contribution >= 0.6 is 0 Å². The summed E-state index contributed by atoms with van der Waals surface area (Å²) in [5.41, 5.74) is 1.27. The van der Waals surface area contributed by atoms with Crippen molar-refractivity contribution in [3.8, 4) is 17.7 Å². The van der Waals surface area contributed by atoms with Gasteiger partial charge in [-0.15, -0.1) is 0 Å². The number of amides is 1. The summed E-state index contributed by atoms with van der Waals surface area (Å²) in [6.45, 7) is 6.23. The molecule has 2 aliphatic rings. The van der Waals surface area contributed by atoms with E-state index in [2.05, 4.69) is 26.2 Å². The SMILES string of the molecule is N#Cc1nc(-c2ccco2)oc1N1CCC(C(=O)NCCN2CCN(c3ccc(F)cc3)CC2)CC1. The Balaban J connectivity index is 1.04. The lowest BCUT2D eigenvalue weighted by atomic mass is 9.96. The van der Waals surface area contributed by atoms with Crippen molar-refractivity contribution in [2.75, 3.05) is 62.2 Å². The highest BCUT2D eigenvalue weighted by Gasteiger charge is 2.29. The highest BCUT2D eigenvalue weighted by atomic mass is 19.1. The summed E-state index contributed by atoms with van der Waals surface area (Å²) < 4.78 is 24.3. The zero-order chi connectivity index (χ0) is 24.9. The maximum Gasteiger partial charge on any atom is 0.266 e. The number of carbonyl (C=O) groups excluding carboxylic acids is 1. The summed E-state index contributed by atoms with van der Waals surface area (Å²) in [7, 11) is 0. The van der Waals surface area contributed by atoms with E-state index in [0.717, 1.165) is 38.4 Å². The molecule has 4 heterocycles. The third-order valence-electron chi connectivity index (χ3n) is 6.89. The molecule has 36 heavy (non-hydrogen) atoms. The molecule has 0 spiro atoms. The molecule has 3 aromatic rings. The van der Waals surface area contributed by atoms with Gasteiger partial charge in [-0.3, -0.25) is 9.69 Å². The van der Waals surface area contributed by atoms with Crippen molar-refractivity contribution in [3.63, 3.8) is 0 Å². The van der Waals surface area contributed by atoms with E-state index < -0.39 is 0 Å². The second kappa shape index (κ2) is 10.8. The number of nitrogens with one attached hydrogen (secondary N) is 1. The molecule has 10 heteroatoms. The van der Waals surface area contributed by atoms with Gasteiger partial charge in [0.25, 0.3) is 5.89 Å². The highest BCUT2D eigenvalue weighted by molar-refractivity contribution is 5.79. The van der Waals surface area contributed by atoms with E-state index >= 15 is 0 Å². The summed E-state index contributed by atoms with van der Waals surface area (Å²) in [6.07, 6.45) is 2.90. The summed E-state index contributed by atoms with van der Waals surface area (Å²) in [4.78, 5) is 23.6. The molecule has 0 atom stereocenters. The smallest absolute Gasteiger partial charge is 0.266 e. The second-order valence-corrected chi connectivity index (χ2v) is 9.12. The maximum atomic E-state index is 13.1. The van der Waals surface area contributed by atoms with Gasteiger partial charge in [-0.05, 0) is 49.2 Å². The summed E-state index contributed by atoms with van der Waals surface area (Å²) in [5.74, 6) is 0.989. The lowest BCUT2D eigenvalue weighted by Crippen LogP contribution is -2.49. The number of anilines is 2. The number of nitrogens with zero attached hydrogens (tertiary/aromatic N) is 5. The van der Waals surface area contributed by atoms with Gasteiger partial charge in [0.1, 0.15) is 11.9 Å². The summed E-state index contributed by atoms with van der Waals surface area (Å²) in [5, 5.41) is 12.6. The Labute approximate surface area is 209 Å². The molecule has 1 N–H and O–H groups in total. The molecule has 1 amide bonds. The lowest BCUT2D eigenvalue weighted by Gasteiger charge is -2.36. The Bertz CT molecular complexity index is 1190. The van der Waals surface area contributed by atoms with E-state index in [1.165, 1.54) is 18.4 Å². The van der Waals surface area contributed by atoms with Crippen molar-refractivity contribution in [2.45, 2.75) is 12.8 Å². The minimum Gasteiger partial charge on any atom is -0.459 e. The van der Waals surface area contributed by atoms with Crippen molar-refractivity contribution in [1.82, 2.24) is 15.2 Å². The number of benzene rings is 1. The molecular weight excluding hydrogens is 463 g/mol. The van der Waals surface area contributed by atoms with Gasteiger partial charge in [0, 0.05) is 64.0 Å². The van der Waals surface area contributed by atoms with Gasteiger partial charge in [-0.2, -0.15) is 10.2 Å². The Morgan fingerprint density at radius 3 is 2.50 bits per heavy atom. The van der Waals surface area contributed by atoms with Crippen LogP contribution in [0.1, 0.15) is 18.5 Å². The van der Waals surface area contributed by atoms with E-state index in [1.807, 2.05) is 17.0 Å². The van der Waals surface area contributed by atoms with Gasteiger partial charge in [0.15, 0.2) is 5.76 Å². The summed E-state index contributed by atoms with van der Waals surface area (Å²) >= 11 is 0. The number of carbonyl (C=O) groups is 1. The molecular formula is C26H29FN6O3. The minimum absolute atomic E-state index is 0.0606. The van der Waals surface area contributed by atoms with Crippen molar-refractivity contribution < 1.29 is 18.0 Å². The standard InChI is InChI=1S/C26H29FN6O3/c27-20-3-5-21(6-4-20)32-15-13-31(14-16-32)12-9-29-24(34)19-7-10-33(11-8-19)26-22(18-28)30-25(36-26)23-2-1-17-35-23/h1-6,17,19H,7-16H2,(H,29,34). The Hall–Kier alpha value is -3.84. The molecule has 5 rings (SSSR count). The number of rotatable bonds is 7. The normalized spacial score (nSPS) is 17.2. The highest BCUT2D eigenvalue weighted by Crippen LogP contribution is 2.31. The van der Waals surface area contributed by atoms with Crippen LogP contribution in [-0.4, -0.2) is 68.1 Å². The Kier molecular flexibility index (Phi) is 7.18. The second-order valence-electron chi connectivity index (χ2n) is 9.12. The van der Waals surface area contributed by atoms with Crippen LogP contribution in [0, 0.1) is 23.1 Å². The average Bonchev–Trinajstić information content (AvgIpc) is 3.60. The third kappa shape index (κ3) is 5.36. The first-order chi connectivity index (χ1) is 17.6. The van der Waals surface area contributed by atoms with Gasteiger partial charge in [0.05, 0.1) is 6.26 Å². The number of piperazine rings is 1. The number of oxazole rings is 1. The van der Waals surface area contributed by atoms with Crippen molar-refractivity contribution in [2.24, 2.45) is 5.92 Å². The number of nitriles is 1. The van der Waals surface area contributed by atoms with Gasteiger partial charge in [-0.25, -0.2) is 4.39 Å². The molecule has 9 nitrogen and oxygen atoms in total. The first-order valence-corrected chi connectivity index (χ1v) is 12.3. The predicted octanol–water partition coefficient (Wildman–Crippen LogP) is 3.10. The van der Waals surface area contributed by atoms with Crippen molar-refractivity contribution >= 4 is 17.5 Å². The van der Waals surface area contributed by atoms with E-state index in [4.69, 9.17) is 8.83 Å². The molecule has 2 fully saturated rings. The fourth-order valence-electron chi connectivity index (χ4n) is 4.81. The van der Waals surface area contributed by atoms with Gasteiger partial charge < -0.3 is 24.0 Å². The van der Waals surface area contributed by atoms with Crippen LogP contribution in [0.2, 0.25) is 0 Å². The maximum absolute atomic E-state index is 13.1. The van der Waals surface area contributed by atoms with Crippen LogP contribution in [0.3, 0.4) is 0 Å². The number of piperidine rings is 1. The van der Waals surface area contributed by atoms with Crippen molar-refractivity contribution in [1.29, 1.82) is 5.26 Å². The van der Waals surface area contributed by atoms with Gasteiger partial charge in [0.2, 0.25) is 17.5 Å².